The van der Waals surface area contributed by atoms with Gasteiger partial charge in [0.25, 0.3) is 0 Å². The zero-order valence-corrected chi connectivity index (χ0v) is 15.8. The number of hydrogen-bond acceptors (Lipinski definition) is 3. The summed E-state index contributed by atoms with van der Waals surface area (Å²) in [5.41, 5.74) is 0. The largest absolute Gasteiger partial charge is 0.476 e. The molecule has 1 rings (SSSR count). The van der Waals surface area contributed by atoms with Gasteiger partial charge in [0, 0.05) is 13.2 Å². The Balaban J connectivity index is 2.89. The highest BCUT2D eigenvalue weighted by Gasteiger charge is 2.42. The van der Waals surface area contributed by atoms with Gasteiger partial charge in [-0.3, -0.25) is 0 Å². The van der Waals surface area contributed by atoms with Crippen molar-refractivity contribution in [2.45, 2.75) is 39.7 Å². The first kappa shape index (κ1) is 16.8. The van der Waals surface area contributed by atoms with Crippen LogP contribution in [-0.4, -0.2) is 32.8 Å². The molecule has 0 aliphatic rings. The zero-order valence-electron chi connectivity index (χ0n) is 12.8. The average molecular weight is 314 g/mol. The van der Waals surface area contributed by atoms with E-state index in [9.17, 15) is 0 Å². The van der Waals surface area contributed by atoms with Crippen LogP contribution in [0.3, 0.4) is 0 Å². The lowest BCUT2D eigenvalue weighted by Gasteiger charge is -2.35. The highest BCUT2D eigenvalue weighted by Crippen LogP contribution is 2.18. The van der Waals surface area contributed by atoms with E-state index < -0.39 is 26.2 Å². The van der Waals surface area contributed by atoms with Crippen LogP contribution in [-0.2, 0) is 12.7 Å². The number of hydrogen-bond donors (Lipinski definition) is 0. The van der Waals surface area contributed by atoms with Gasteiger partial charge in [-0.1, -0.05) is 30.3 Å². The highest BCUT2D eigenvalue weighted by molar-refractivity contribution is 6.90. The molecule has 0 saturated carbocycles. The molecule has 1 unspecified atom stereocenters. The van der Waals surface area contributed by atoms with Crippen LogP contribution in [0.1, 0.15) is 6.92 Å². The van der Waals surface area contributed by atoms with Crippen molar-refractivity contribution in [2.75, 3.05) is 6.61 Å². The molecule has 0 bridgehead atoms. The van der Waals surface area contributed by atoms with Crippen molar-refractivity contribution in [3.8, 4) is 0 Å². The molecule has 0 heterocycles. The first-order valence-electron chi connectivity index (χ1n) is 6.68. The summed E-state index contributed by atoms with van der Waals surface area (Å²) in [6.07, 6.45) is 0. The van der Waals surface area contributed by atoms with Crippen molar-refractivity contribution >= 4 is 31.3 Å². The summed E-state index contributed by atoms with van der Waals surface area (Å²) in [5.74, 6) is 0. The van der Waals surface area contributed by atoms with Crippen molar-refractivity contribution in [1.29, 1.82) is 0 Å². The molecule has 1 aromatic rings. The minimum Gasteiger partial charge on any atom is -0.416 e. The SMILES string of the molecule is CCO[Si](C)(O[Si](C)C)O[Si](C)(C)c1ccccc1. The van der Waals surface area contributed by atoms with Crippen LogP contribution in [0.5, 0.6) is 0 Å². The second-order valence-corrected chi connectivity index (χ2v) is 14.3. The summed E-state index contributed by atoms with van der Waals surface area (Å²) >= 11 is 0. The minimum absolute atomic E-state index is 0.636. The van der Waals surface area contributed by atoms with E-state index in [1.165, 1.54) is 5.19 Å². The molecule has 19 heavy (non-hydrogen) atoms. The summed E-state index contributed by atoms with van der Waals surface area (Å²) < 4.78 is 18.3. The molecule has 0 fully saturated rings. The molecule has 1 atom stereocenters. The third-order valence-corrected chi connectivity index (χ3v) is 11.9. The Kier molecular flexibility index (Phi) is 6.16. The van der Waals surface area contributed by atoms with E-state index >= 15 is 0 Å². The summed E-state index contributed by atoms with van der Waals surface area (Å²) in [4.78, 5) is 0. The van der Waals surface area contributed by atoms with Crippen LogP contribution in [0.2, 0.25) is 32.7 Å². The van der Waals surface area contributed by atoms with Gasteiger partial charge in [-0.25, -0.2) is 0 Å². The topological polar surface area (TPSA) is 27.7 Å². The summed E-state index contributed by atoms with van der Waals surface area (Å²) in [5, 5.41) is 1.28. The van der Waals surface area contributed by atoms with Crippen LogP contribution < -0.4 is 5.19 Å². The van der Waals surface area contributed by atoms with Crippen molar-refractivity contribution in [3.63, 3.8) is 0 Å². The maximum Gasteiger partial charge on any atom is 0.476 e. The Morgan fingerprint density at radius 1 is 1.05 bits per heavy atom. The second kappa shape index (κ2) is 6.96. The van der Waals surface area contributed by atoms with Crippen LogP contribution in [0, 0.1) is 0 Å². The van der Waals surface area contributed by atoms with E-state index in [0.717, 1.165) is 0 Å². The molecule has 0 spiro atoms. The Morgan fingerprint density at radius 3 is 2.11 bits per heavy atom. The first-order chi connectivity index (χ1) is 8.79. The fourth-order valence-corrected chi connectivity index (χ4v) is 11.8. The summed E-state index contributed by atoms with van der Waals surface area (Å²) in [6.45, 7) is 13.3. The van der Waals surface area contributed by atoms with Crippen LogP contribution >= 0.6 is 0 Å². The van der Waals surface area contributed by atoms with E-state index in [4.69, 9.17) is 12.7 Å². The molecular formula is C13H25O3Si3. The lowest BCUT2D eigenvalue weighted by molar-refractivity contribution is 0.181. The van der Waals surface area contributed by atoms with Gasteiger partial charge in [0.05, 0.1) is 0 Å². The second-order valence-electron chi connectivity index (χ2n) is 5.28. The van der Waals surface area contributed by atoms with Crippen molar-refractivity contribution < 1.29 is 12.7 Å². The molecule has 0 amide bonds. The molecule has 1 radical (unpaired) electrons. The van der Waals surface area contributed by atoms with Crippen LogP contribution in [0.15, 0.2) is 30.3 Å². The van der Waals surface area contributed by atoms with Gasteiger partial charge >= 0.3 is 8.80 Å². The fraction of sp³-hybridized carbons (Fsp3) is 0.538. The minimum atomic E-state index is -2.52. The quantitative estimate of drug-likeness (QED) is 0.724. The van der Waals surface area contributed by atoms with Gasteiger partial charge < -0.3 is 12.7 Å². The molecule has 0 aliphatic carbocycles. The molecule has 3 nitrogen and oxygen atoms in total. The monoisotopic (exact) mass is 313 g/mol. The predicted octanol–water partition coefficient (Wildman–Crippen LogP) is 2.99. The Morgan fingerprint density at radius 2 is 1.63 bits per heavy atom. The first-order valence-corrected chi connectivity index (χ1v) is 14.2. The predicted molar refractivity (Wildman–Crippen MR) is 86.5 cm³/mol. The molecule has 107 valence electrons. The molecule has 0 aromatic heterocycles. The third-order valence-electron chi connectivity index (χ3n) is 2.71. The van der Waals surface area contributed by atoms with Crippen LogP contribution in [0.4, 0.5) is 0 Å². The van der Waals surface area contributed by atoms with E-state index in [1.807, 2.05) is 19.5 Å². The van der Waals surface area contributed by atoms with E-state index in [1.54, 1.807) is 0 Å². The Hall–Kier alpha value is -0.249. The van der Waals surface area contributed by atoms with Crippen molar-refractivity contribution in [2.24, 2.45) is 0 Å². The lowest BCUT2D eigenvalue weighted by atomic mass is 10.4. The number of rotatable bonds is 7. The maximum atomic E-state index is 6.42. The lowest BCUT2D eigenvalue weighted by Crippen LogP contribution is -2.57. The maximum absolute atomic E-state index is 6.42. The molecule has 1 aromatic carbocycles. The van der Waals surface area contributed by atoms with Gasteiger partial charge in [-0.15, -0.1) is 0 Å². The molecule has 6 heteroatoms. The molecule has 0 aliphatic heterocycles. The zero-order chi connectivity index (χ0) is 14.5. The summed E-state index contributed by atoms with van der Waals surface area (Å²) in [6, 6.07) is 10.4. The normalized spacial score (nSPS) is 15.5. The highest BCUT2D eigenvalue weighted by atomic mass is 28.5. The fourth-order valence-electron chi connectivity index (χ4n) is 2.07. The van der Waals surface area contributed by atoms with Crippen molar-refractivity contribution in [3.05, 3.63) is 30.3 Å². The third kappa shape index (κ3) is 5.33. The van der Waals surface area contributed by atoms with Crippen molar-refractivity contribution in [1.82, 2.24) is 0 Å². The van der Waals surface area contributed by atoms with Gasteiger partial charge in [0.2, 0.25) is 8.32 Å². The average Bonchev–Trinajstić information content (AvgIpc) is 2.28. The Labute approximate surface area is 121 Å². The van der Waals surface area contributed by atoms with Gasteiger partial charge in [-0.05, 0) is 38.3 Å². The van der Waals surface area contributed by atoms with Crippen LogP contribution in [0.25, 0.3) is 0 Å². The van der Waals surface area contributed by atoms with E-state index in [-0.39, 0.29) is 0 Å². The van der Waals surface area contributed by atoms with E-state index in [0.29, 0.717) is 6.61 Å². The number of benzene rings is 1. The van der Waals surface area contributed by atoms with Gasteiger partial charge in [-0.2, -0.15) is 0 Å². The summed E-state index contributed by atoms with van der Waals surface area (Å²) in [7, 11) is -5.35. The molecule has 0 N–H and O–H groups in total. The smallest absolute Gasteiger partial charge is 0.416 e. The van der Waals surface area contributed by atoms with E-state index in [2.05, 4.69) is 50.5 Å². The standard InChI is InChI=1S/C13H25O3Si3/c1-7-14-19(6,15-17(2)3)16-18(4,5)13-11-9-8-10-12-13/h8-12H,7H2,1-6H3. The Bertz CT molecular complexity index is 384. The van der Waals surface area contributed by atoms with Gasteiger partial charge in [0.15, 0.2) is 9.04 Å². The van der Waals surface area contributed by atoms with Gasteiger partial charge in [0.1, 0.15) is 0 Å². The molecule has 0 saturated heterocycles. The molecular weight excluding hydrogens is 288 g/mol.